The number of amides is 1. The van der Waals surface area contributed by atoms with E-state index in [-0.39, 0.29) is 11.3 Å². The van der Waals surface area contributed by atoms with Gasteiger partial charge in [-0.25, -0.2) is 0 Å². The van der Waals surface area contributed by atoms with Crippen LogP contribution in [0.15, 0.2) is 18.2 Å². The molecule has 1 aliphatic heterocycles. The monoisotopic (exact) mass is 295 g/mol. The molecule has 1 N–H and O–H groups in total. The van der Waals surface area contributed by atoms with E-state index in [0.717, 1.165) is 30.6 Å². The van der Waals surface area contributed by atoms with Crippen LogP contribution in [0, 0.1) is 5.41 Å². The minimum atomic E-state index is -0.0151. The molecule has 0 aromatic heterocycles. The van der Waals surface area contributed by atoms with E-state index < -0.39 is 0 Å². The average Bonchev–Trinajstić information content (AvgIpc) is 2.90. The van der Waals surface area contributed by atoms with Gasteiger partial charge in [0.1, 0.15) is 5.75 Å². The highest BCUT2D eigenvalue weighted by Crippen LogP contribution is 2.26. The van der Waals surface area contributed by atoms with E-state index in [0.29, 0.717) is 24.6 Å². The van der Waals surface area contributed by atoms with Crippen molar-refractivity contribution in [1.82, 2.24) is 5.32 Å². The number of nitrogens with one attached hydrogen (secondary N) is 1. The largest absolute Gasteiger partial charge is 0.493 e. The number of hydrogen-bond acceptors (Lipinski definition) is 2. The van der Waals surface area contributed by atoms with Gasteiger partial charge in [-0.05, 0) is 42.0 Å². The van der Waals surface area contributed by atoms with Crippen LogP contribution in [-0.4, -0.2) is 24.9 Å². The molecule has 4 heteroatoms. The highest BCUT2D eigenvalue weighted by Gasteiger charge is 2.20. The van der Waals surface area contributed by atoms with Gasteiger partial charge in [0.2, 0.25) is 0 Å². The number of hydrogen-bond donors (Lipinski definition) is 1. The molecule has 0 spiro atoms. The zero-order valence-electron chi connectivity index (χ0n) is 12.2. The van der Waals surface area contributed by atoms with Crippen molar-refractivity contribution in [1.29, 1.82) is 0 Å². The zero-order chi connectivity index (χ0) is 14.6. The summed E-state index contributed by atoms with van der Waals surface area (Å²) in [6.45, 7) is 5.68. The minimum absolute atomic E-state index is 0.0151. The second-order valence-corrected chi connectivity index (χ2v) is 6.44. The Balaban J connectivity index is 1.92. The van der Waals surface area contributed by atoms with Crippen LogP contribution in [0.3, 0.4) is 0 Å². The molecule has 1 aromatic carbocycles. The highest BCUT2D eigenvalue weighted by atomic mass is 35.5. The molecule has 0 saturated carbocycles. The van der Waals surface area contributed by atoms with Crippen molar-refractivity contribution in [2.75, 3.05) is 19.0 Å². The fraction of sp³-hybridized carbons (Fsp3) is 0.562. The molecule has 0 atom stereocenters. The molecular formula is C16H22ClNO2. The van der Waals surface area contributed by atoms with Gasteiger partial charge in [-0.2, -0.15) is 0 Å². The normalized spacial score (nSPS) is 13.8. The maximum atomic E-state index is 12.2. The van der Waals surface area contributed by atoms with Gasteiger partial charge < -0.3 is 10.1 Å². The molecule has 0 fully saturated rings. The van der Waals surface area contributed by atoms with Crippen LogP contribution in [0.4, 0.5) is 0 Å². The number of alkyl halides is 1. The van der Waals surface area contributed by atoms with Crippen molar-refractivity contribution < 1.29 is 9.53 Å². The molecule has 110 valence electrons. The molecule has 1 heterocycles. The first-order valence-electron chi connectivity index (χ1n) is 7.12. The molecule has 0 bridgehead atoms. The lowest BCUT2D eigenvalue weighted by molar-refractivity contribution is 0.0934. The molecule has 1 aliphatic rings. The first-order chi connectivity index (χ1) is 9.52. The molecule has 0 radical (unpaired) electrons. The molecule has 3 nitrogen and oxygen atoms in total. The fourth-order valence-electron chi connectivity index (χ4n) is 2.38. The quantitative estimate of drug-likeness (QED) is 0.817. The summed E-state index contributed by atoms with van der Waals surface area (Å²) in [6, 6.07) is 5.64. The standard InChI is InChI=1S/C16H22ClNO2/c1-16(2,7-3-8-17)11-18-15(19)13-4-5-14-12(10-13)6-9-20-14/h4-5,10H,3,6-9,11H2,1-2H3,(H,18,19). The van der Waals surface area contributed by atoms with Crippen LogP contribution in [0.25, 0.3) is 0 Å². The van der Waals surface area contributed by atoms with Gasteiger partial charge in [0.25, 0.3) is 5.91 Å². The van der Waals surface area contributed by atoms with Crippen LogP contribution < -0.4 is 10.1 Å². The summed E-state index contributed by atoms with van der Waals surface area (Å²) in [5, 5.41) is 3.02. The Bertz CT molecular complexity index is 485. The van der Waals surface area contributed by atoms with E-state index in [2.05, 4.69) is 19.2 Å². The van der Waals surface area contributed by atoms with Gasteiger partial charge >= 0.3 is 0 Å². The molecule has 20 heavy (non-hydrogen) atoms. The van der Waals surface area contributed by atoms with Crippen molar-refractivity contribution in [3.8, 4) is 5.75 Å². The van der Waals surface area contributed by atoms with Gasteiger partial charge in [0.05, 0.1) is 6.61 Å². The van der Waals surface area contributed by atoms with Gasteiger partial charge in [-0.1, -0.05) is 13.8 Å². The van der Waals surface area contributed by atoms with E-state index in [1.807, 2.05) is 18.2 Å². The Kier molecular flexibility index (Phi) is 4.92. The topological polar surface area (TPSA) is 38.3 Å². The Morgan fingerprint density at radius 3 is 3.00 bits per heavy atom. The predicted molar refractivity (Wildman–Crippen MR) is 81.7 cm³/mol. The Labute approximate surface area is 125 Å². The summed E-state index contributed by atoms with van der Waals surface area (Å²) in [7, 11) is 0. The first-order valence-corrected chi connectivity index (χ1v) is 7.65. The smallest absolute Gasteiger partial charge is 0.251 e. The number of benzene rings is 1. The fourth-order valence-corrected chi connectivity index (χ4v) is 2.52. The lowest BCUT2D eigenvalue weighted by Gasteiger charge is -2.24. The summed E-state index contributed by atoms with van der Waals surface area (Å²) >= 11 is 5.72. The van der Waals surface area contributed by atoms with Crippen LogP contribution >= 0.6 is 11.6 Å². The molecule has 2 rings (SSSR count). The molecule has 0 unspecified atom stereocenters. The highest BCUT2D eigenvalue weighted by molar-refractivity contribution is 6.17. The van der Waals surface area contributed by atoms with E-state index >= 15 is 0 Å². The van der Waals surface area contributed by atoms with Gasteiger partial charge in [0, 0.05) is 24.4 Å². The third-order valence-corrected chi connectivity index (χ3v) is 3.93. The maximum Gasteiger partial charge on any atom is 0.251 e. The van der Waals surface area contributed by atoms with E-state index in [1.54, 1.807) is 0 Å². The summed E-state index contributed by atoms with van der Waals surface area (Å²) in [5.41, 5.74) is 1.91. The SMILES string of the molecule is CC(C)(CCCCl)CNC(=O)c1ccc2c(c1)CCO2. The number of carbonyl (C=O) groups excluding carboxylic acids is 1. The number of ether oxygens (including phenoxy) is 1. The van der Waals surface area contributed by atoms with Crippen LogP contribution in [-0.2, 0) is 6.42 Å². The Hall–Kier alpha value is -1.22. The van der Waals surface area contributed by atoms with Crippen molar-refractivity contribution >= 4 is 17.5 Å². The molecule has 1 aromatic rings. The maximum absolute atomic E-state index is 12.2. The second kappa shape index (κ2) is 6.49. The van der Waals surface area contributed by atoms with Crippen LogP contribution in [0.5, 0.6) is 5.75 Å². The zero-order valence-corrected chi connectivity index (χ0v) is 12.9. The van der Waals surface area contributed by atoms with E-state index in [4.69, 9.17) is 16.3 Å². The van der Waals surface area contributed by atoms with Crippen molar-refractivity contribution in [2.45, 2.75) is 33.1 Å². The Morgan fingerprint density at radius 1 is 1.45 bits per heavy atom. The predicted octanol–water partition coefficient (Wildman–Crippen LogP) is 3.40. The van der Waals surface area contributed by atoms with Crippen molar-refractivity contribution in [2.24, 2.45) is 5.41 Å². The second-order valence-electron chi connectivity index (χ2n) is 6.06. The molecule has 1 amide bonds. The van der Waals surface area contributed by atoms with Crippen LogP contribution in [0.2, 0.25) is 0 Å². The molecule has 0 saturated heterocycles. The molecule has 0 aliphatic carbocycles. The summed E-state index contributed by atoms with van der Waals surface area (Å²) in [5.74, 6) is 1.56. The summed E-state index contributed by atoms with van der Waals surface area (Å²) < 4.78 is 5.45. The van der Waals surface area contributed by atoms with Gasteiger partial charge in [0.15, 0.2) is 0 Å². The van der Waals surface area contributed by atoms with E-state index in [9.17, 15) is 4.79 Å². The number of rotatable bonds is 6. The number of halogens is 1. The van der Waals surface area contributed by atoms with Crippen molar-refractivity contribution in [3.63, 3.8) is 0 Å². The van der Waals surface area contributed by atoms with Crippen LogP contribution in [0.1, 0.15) is 42.6 Å². The minimum Gasteiger partial charge on any atom is -0.493 e. The third kappa shape index (κ3) is 3.89. The Morgan fingerprint density at radius 2 is 2.25 bits per heavy atom. The molecular weight excluding hydrogens is 274 g/mol. The average molecular weight is 296 g/mol. The van der Waals surface area contributed by atoms with Gasteiger partial charge in [-0.3, -0.25) is 4.79 Å². The van der Waals surface area contributed by atoms with Gasteiger partial charge in [-0.15, -0.1) is 11.6 Å². The van der Waals surface area contributed by atoms with Crippen molar-refractivity contribution in [3.05, 3.63) is 29.3 Å². The lowest BCUT2D eigenvalue weighted by Crippen LogP contribution is -2.34. The lowest BCUT2D eigenvalue weighted by atomic mass is 9.88. The first kappa shape index (κ1) is 15.2. The number of carbonyl (C=O) groups is 1. The summed E-state index contributed by atoms with van der Waals surface area (Å²) in [6.07, 6.45) is 2.87. The third-order valence-electron chi connectivity index (χ3n) is 3.67. The van der Waals surface area contributed by atoms with E-state index in [1.165, 1.54) is 0 Å². The summed E-state index contributed by atoms with van der Waals surface area (Å²) in [4.78, 5) is 12.2. The number of fused-ring (bicyclic) bond motifs is 1.